The molecule has 0 aliphatic rings. The third kappa shape index (κ3) is 4.85. The number of rotatable bonds is 6. The minimum Gasteiger partial charge on any atom is -0.339 e. The van der Waals surface area contributed by atoms with E-state index >= 15 is 0 Å². The van der Waals surface area contributed by atoms with Crippen molar-refractivity contribution in [2.45, 2.75) is 10.6 Å². The van der Waals surface area contributed by atoms with Crippen LogP contribution in [0.2, 0.25) is 10.3 Å². The van der Waals surface area contributed by atoms with Crippen molar-refractivity contribution >= 4 is 52.2 Å². The molecule has 2 aromatic carbocycles. The van der Waals surface area contributed by atoms with Crippen LogP contribution in [0.5, 0.6) is 0 Å². The molecule has 132 valence electrons. The van der Waals surface area contributed by atoms with Gasteiger partial charge in [-0.05, 0) is 35.4 Å². The maximum Gasteiger partial charge on any atom is 0.269 e. The van der Waals surface area contributed by atoms with Crippen molar-refractivity contribution in [1.29, 1.82) is 0 Å². The van der Waals surface area contributed by atoms with Crippen LogP contribution in [0.1, 0.15) is 5.56 Å². The molecule has 0 radical (unpaired) electrons. The summed E-state index contributed by atoms with van der Waals surface area (Å²) in [5, 5.41) is 14.4. The smallest absolute Gasteiger partial charge is 0.269 e. The first kappa shape index (κ1) is 18.4. The second-order valence-corrected chi connectivity index (χ2v) is 7.00. The highest BCUT2D eigenvalue weighted by Gasteiger charge is 2.07. The van der Waals surface area contributed by atoms with Gasteiger partial charge in [0, 0.05) is 28.5 Å². The molecule has 3 aromatic rings. The Bertz CT molecular complexity index is 956. The zero-order chi connectivity index (χ0) is 18.5. The number of non-ortho nitro benzene ring substituents is 1. The van der Waals surface area contributed by atoms with Crippen molar-refractivity contribution in [2.24, 2.45) is 0 Å². The van der Waals surface area contributed by atoms with Gasteiger partial charge in [-0.1, -0.05) is 29.8 Å². The maximum absolute atomic E-state index is 10.9. The number of nitro benzene ring substituents is 1. The predicted molar refractivity (Wildman–Crippen MR) is 104 cm³/mol. The van der Waals surface area contributed by atoms with Gasteiger partial charge in [0.15, 0.2) is 5.82 Å². The predicted octanol–water partition coefficient (Wildman–Crippen LogP) is 5.73. The molecule has 0 saturated heterocycles. The Labute approximate surface area is 163 Å². The van der Waals surface area contributed by atoms with Crippen LogP contribution < -0.4 is 5.32 Å². The molecular weight excluding hydrogens is 395 g/mol. The minimum absolute atomic E-state index is 0.0915. The molecule has 0 atom stereocenters. The van der Waals surface area contributed by atoms with Gasteiger partial charge < -0.3 is 5.32 Å². The number of nitrogens with one attached hydrogen (secondary N) is 1. The molecule has 0 saturated carbocycles. The van der Waals surface area contributed by atoms with Gasteiger partial charge in [-0.25, -0.2) is 4.98 Å². The maximum atomic E-state index is 10.9. The van der Waals surface area contributed by atoms with Gasteiger partial charge >= 0.3 is 0 Å². The lowest BCUT2D eigenvalue weighted by molar-refractivity contribution is -0.384. The fourth-order valence-corrected chi connectivity index (χ4v) is 3.33. The lowest BCUT2D eigenvalue weighted by Crippen LogP contribution is -1.96. The monoisotopic (exact) mass is 406 g/mol. The summed E-state index contributed by atoms with van der Waals surface area (Å²) in [6, 6.07) is 14.3. The number of hydrogen-bond donors (Lipinski definition) is 1. The van der Waals surface area contributed by atoms with E-state index in [2.05, 4.69) is 15.3 Å². The van der Waals surface area contributed by atoms with Crippen LogP contribution in [0, 0.1) is 10.1 Å². The normalized spacial score (nSPS) is 10.5. The topological polar surface area (TPSA) is 81.0 Å². The Morgan fingerprint density at radius 3 is 2.77 bits per heavy atom. The van der Waals surface area contributed by atoms with Crippen molar-refractivity contribution < 1.29 is 4.92 Å². The molecule has 0 amide bonds. The van der Waals surface area contributed by atoms with Crippen molar-refractivity contribution in [1.82, 2.24) is 9.97 Å². The van der Waals surface area contributed by atoms with Crippen LogP contribution in [0.25, 0.3) is 0 Å². The second-order valence-electron chi connectivity index (χ2n) is 5.20. The van der Waals surface area contributed by atoms with Crippen molar-refractivity contribution in [2.75, 3.05) is 5.32 Å². The first-order valence-electron chi connectivity index (χ1n) is 7.42. The molecule has 6 nitrogen and oxygen atoms in total. The molecule has 9 heteroatoms. The summed E-state index contributed by atoms with van der Waals surface area (Å²) in [5.74, 6) is 1.04. The third-order valence-corrected chi connectivity index (χ3v) is 4.86. The molecule has 0 unspecified atom stereocenters. The van der Waals surface area contributed by atoms with E-state index in [1.54, 1.807) is 23.9 Å². The van der Waals surface area contributed by atoms with Gasteiger partial charge in [-0.2, -0.15) is 4.98 Å². The zero-order valence-corrected chi connectivity index (χ0v) is 15.6. The van der Waals surface area contributed by atoms with E-state index in [9.17, 15) is 10.1 Å². The van der Waals surface area contributed by atoms with Crippen LogP contribution in [0.3, 0.4) is 0 Å². The van der Waals surface area contributed by atoms with E-state index in [0.29, 0.717) is 16.6 Å². The van der Waals surface area contributed by atoms with Crippen molar-refractivity contribution in [3.05, 3.63) is 80.7 Å². The van der Waals surface area contributed by atoms with Crippen molar-refractivity contribution in [3.63, 3.8) is 0 Å². The quantitative estimate of drug-likeness (QED) is 0.243. The molecule has 0 fully saturated rings. The van der Waals surface area contributed by atoms with Gasteiger partial charge in [0.25, 0.3) is 5.69 Å². The molecule has 1 heterocycles. The largest absolute Gasteiger partial charge is 0.339 e. The van der Waals surface area contributed by atoms with Crippen molar-refractivity contribution in [3.8, 4) is 0 Å². The number of halogens is 2. The summed E-state index contributed by atoms with van der Waals surface area (Å²) in [6.45, 7) is 0. The van der Waals surface area contributed by atoms with Gasteiger partial charge in [0.2, 0.25) is 5.28 Å². The van der Waals surface area contributed by atoms with Crippen LogP contribution >= 0.6 is 35.0 Å². The first-order chi connectivity index (χ1) is 12.5. The third-order valence-electron chi connectivity index (χ3n) is 3.34. The number of aromatic nitrogens is 2. The highest BCUT2D eigenvalue weighted by Crippen LogP contribution is 2.29. The van der Waals surface area contributed by atoms with Crippen LogP contribution in [-0.2, 0) is 5.75 Å². The highest BCUT2D eigenvalue weighted by molar-refractivity contribution is 7.98. The molecule has 0 bridgehead atoms. The van der Waals surface area contributed by atoms with Crippen LogP contribution in [0.15, 0.2) is 59.6 Å². The summed E-state index contributed by atoms with van der Waals surface area (Å²) in [5.41, 5.74) is 1.77. The van der Waals surface area contributed by atoms with E-state index in [4.69, 9.17) is 23.2 Å². The van der Waals surface area contributed by atoms with E-state index in [-0.39, 0.29) is 11.0 Å². The molecule has 0 aliphatic carbocycles. The number of thioether (sulfide) groups is 1. The van der Waals surface area contributed by atoms with Gasteiger partial charge in [-0.3, -0.25) is 10.1 Å². The Morgan fingerprint density at radius 2 is 1.96 bits per heavy atom. The minimum atomic E-state index is -0.394. The lowest BCUT2D eigenvalue weighted by atomic mass is 10.2. The molecule has 26 heavy (non-hydrogen) atoms. The lowest BCUT2D eigenvalue weighted by Gasteiger charge is -2.09. The average Bonchev–Trinajstić information content (AvgIpc) is 2.64. The first-order valence-corrected chi connectivity index (χ1v) is 9.17. The Balaban J connectivity index is 1.70. The Morgan fingerprint density at radius 1 is 1.15 bits per heavy atom. The number of nitro groups is 1. The average molecular weight is 407 g/mol. The number of hydrogen-bond acceptors (Lipinski definition) is 6. The summed E-state index contributed by atoms with van der Waals surface area (Å²) >= 11 is 13.4. The van der Waals surface area contributed by atoms with Gasteiger partial charge in [-0.15, -0.1) is 11.8 Å². The summed E-state index contributed by atoms with van der Waals surface area (Å²) in [6.07, 6.45) is 1.43. The van der Waals surface area contributed by atoms with E-state index in [1.165, 1.54) is 12.3 Å². The molecule has 1 N–H and O–H groups in total. The highest BCUT2D eigenvalue weighted by atomic mass is 35.5. The van der Waals surface area contributed by atoms with E-state index in [1.807, 2.05) is 30.3 Å². The number of nitrogens with zero attached hydrogens (tertiary/aromatic N) is 3. The standard InChI is InChI=1S/C17H12Cl2N4O2S/c18-15-9-20-17(19)22-16(15)21-12-4-2-6-14(8-12)26-10-11-3-1-5-13(7-11)23(24)25/h1-9H,10H2,(H,20,21,22). The number of benzene rings is 2. The Hall–Kier alpha value is -2.35. The van der Waals surface area contributed by atoms with Crippen LogP contribution in [-0.4, -0.2) is 14.9 Å². The summed E-state index contributed by atoms with van der Waals surface area (Å²) in [4.78, 5) is 19.3. The van der Waals surface area contributed by atoms with Gasteiger partial charge in [0.1, 0.15) is 5.02 Å². The summed E-state index contributed by atoms with van der Waals surface area (Å²) < 4.78 is 0. The Kier molecular flexibility index (Phi) is 5.92. The molecule has 3 rings (SSSR count). The fraction of sp³-hybridized carbons (Fsp3) is 0.0588. The SMILES string of the molecule is O=[N+]([O-])c1cccc(CSc2cccc(Nc3nc(Cl)ncc3Cl)c2)c1. The number of anilines is 2. The van der Waals surface area contributed by atoms with Crippen LogP contribution in [0.4, 0.5) is 17.2 Å². The van der Waals surface area contributed by atoms with E-state index < -0.39 is 4.92 Å². The second kappa shape index (κ2) is 8.35. The molecular formula is C17H12Cl2N4O2S. The zero-order valence-electron chi connectivity index (χ0n) is 13.2. The molecule has 1 aromatic heterocycles. The molecule has 0 aliphatic heterocycles. The van der Waals surface area contributed by atoms with E-state index in [0.717, 1.165) is 16.1 Å². The summed E-state index contributed by atoms with van der Waals surface area (Å²) in [7, 11) is 0. The van der Waals surface area contributed by atoms with Gasteiger partial charge in [0.05, 0.1) is 11.1 Å². The molecule has 0 spiro atoms. The fourth-order valence-electron chi connectivity index (χ4n) is 2.16.